The van der Waals surface area contributed by atoms with Crippen LogP contribution in [0.25, 0.3) is 0 Å². The molecule has 1 atom stereocenters. The van der Waals surface area contributed by atoms with Gasteiger partial charge in [-0.2, -0.15) is 0 Å². The quantitative estimate of drug-likeness (QED) is 0.571. The van der Waals surface area contributed by atoms with Crippen LogP contribution in [0.5, 0.6) is 5.06 Å². The SMILES string of the molecule is Cc1cc(CCCCCCCOc2ccc(C3=NC(C)CO3)s2)on1. The van der Waals surface area contributed by atoms with E-state index < -0.39 is 0 Å². The topological polar surface area (TPSA) is 56.9 Å². The fourth-order valence-corrected chi connectivity index (χ4v) is 3.59. The van der Waals surface area contributed by atoms with Crippen LogP contribution in [0, 0.1) is 6.92 Å². The summed E-state index contributed by atoms with van der Waals surface area (Å²) >= 11 is 1.61. The molecule has 1 unspecified atom stereocenters. The fourth-order valence-electron chi connectivity index (χ4n) is 2.76. The minimum absolute atomic E-state index is 0.259. The van der Waals surface area contributed by atoms with Crippen molar-refractivity contribution in [1.29, 1.82) is 0 Å². The third-order valence-electron chi connectivity index (χ3n) is 4.08. The average molecular weight is 362 g/mol. The number of aliphatic imine (C=N–C) groups is 1. The van der Waals surface area contributed by atoms with Gasteiger partial charge in [-0.05, 0) is 38.8 Å². The first-order valence-electron chi connectivity index (χ1n) is 9.06. The molecule has 0 aromatic carbocycles. The van der Waals surface area contributed by atoms with E-state index >= 15 is 0 Å². The third-order valence-corrected chi connectivity index (χ3v) is 5.07. The number of unbranched alkanes of at least 4 members (excludes halogenated alkanes) is 4. The van der Waals surface area contributed by atoms with Crippen molar-refractivity contribution in [3.63, 3.8) is 0 Å². The van der Waals surface area contributed by atoms with Gasteiger partial charge in [0.25, 0.3) is 0 Å². The minimum atomic E-state index is 0.259. The second-order valence-electron chi connectivity index (χ2n) is 6.51. The van der Waals surface area contributed by atoms with Crippen molar-refractivity contribution < 1.29 is 14.0 Å². The van der Waals surface area contributed by atoms with Crippen LogP contribution in [0.2, 0.25) is 0 Å². The summed E-state index contributed by atoms with van der Waals surface area (Å²) in [5.41, 5.74) is 0.963. The maximum absolute atomic E-state index is 5.84. The number of hydrogen-bond acceptors (Lipinski definition) is 6. The second-order valence-corrected chi connectivity index (χ2v) is 7.56. The Kier molecular flexibility index (Phi) is 6.50. The van der Waals surface area contributed by atoms with Gasteiger partial charge in [-0.25, -0.2) is 4.99 Å². The molecule has 0 spiro atoms. The van der Waals surface area contributed by atoms with Crippen molar-refractivity contribution in [3.05, 3.63) is 34.5 Å². The molecular weight excluding hydrogens is 336 g/mol. The maximum Gasteiger partial charge on any atom is 0.227 e. The van der Waals surface area contributed by atoms with Crippen molar-refractivity contribution in [1.82, 2.24) is 5.16 Å². The van der Waals surface area contributed by atoms with Crippen LogP contribution in [0.15, 0.2) is 27.7 Å². The molecule has 0 bridgehead atoms. The zero-order chi connectivity index (χ0) is 17.5. The monoisotopic (exact) mass is 362 g/mol. The number of aryl methyl sites for hydroxylation is 2. The van der Waals surface area contributed by atoms with E-state index in [1.807, 2.05) is 25.1 Å². The number of aromatic nitrogens is 1. The average Bonchev–Trinajstić information content (AvgIpc) is 3.31. The van der Waals surface area contributed by atoms with Crippen LogP contribution in [0.1, 0.15) is 55.4 Å². The summed E-state index contributed by atoms with van der Waals surface area (Å²) in [6.45, 7) is 5.47. The highest BCUT2D eigenvalue weighted by molar-refractivity contribution is 7.15. The predicted octanol–water partition coefficient (Wildman–Crippen LogP) is 4.78. The molecule has 1 aliphatic rings. The van der Waals surface area contributed by atoms with Crippen LogP contribution in [-0.4, -0.2) is 30.3 Å². The Hall–Kier alpha value is -1.82. The van der Waals surface area contributed by atoms with Crippen LogP contribution in [0.3, 0.4) is 0 Å². The normalized spacial score (nSPS) is 16.7. The molecule has 0 amide bonds. The van der Waals surface area contributed by atoms with Crippen LogP contribution < -0.4 is 4.74 Å². The number of nitrogens with zero attached hydrogens (tertiary/aromatic N) is 2. The van der Waals surface area contributed by atoms with Gasteiger partial charge in [0.05, 0.1) is 23.2 Å². The summed E-state index contributed by atoms with van der Waals surface area (Å²) in [6, 6.07) is 6.32. The van der Waals surface area contributed by atoms with Crippen molar-refractivity contribution in [2.75, 3.05) is 13.2 Å². The first-order chi connectivity index (χ1) is 12.2. The molecule has 0 N–H and O–H groups in total. The highest BCUT2D eigenvalue weighted by atomic mass is 32.1. The molecule has 2 aromatic rings. The smallest absolute Gasteiger partial charge is 0.227 e. The second kappa shape index (κ2) is 9.04. The molecule has 5 nitrogen and oxygen atoms in total. The van der Waals surface area contributed by atoms with E-state index in [1.54, 1.807) is 11.3 Å². The van der Waals surface area contributed by atoms with Crippen molar-refractivity contribution >= 4 is 17.2 Å². The molecule has 3 heterocycles. The van der Waals surface area contributed by atoms with Crippen LogP contribution in [0.4, 0.5) is 0 Å². The predicted molar refractivity (Wildman–Crippen MR) is 99.8 cm³/mol. The Balaban J connectivity index is 1.24. The van der Waals surface area contributed by atoms with Gasteiger partial charge in [0.2, 0.25) is 5.90 Å². The highest BCUT2D eigenvalue weighted by Crippen LogP contribution is 2.27. The Morgan fingerprint density at radius 3 is 2.80 bits per heavy atom. The maximum atomic E-state index is 5.84. The van der Waals surface area contributed by atoms with Crippen molar-refractivity contribution in [2.45, 2.75) is 58.4 Å². The number of ether oxygens (including phenoxy) is 2. The van der Waals surface area contributed by atoms with Gasteiger partial charge in [-0.15, -0.1) is 0 Å². The summed E-state index contributed by atoms with van der Waals surface area (Å²) in [6.07, 6.45) is 6.88. The minimum Gasteiger partial charge on any atom is -0.484 e. The molecule has 0 radical (unpaired) electrons. The number of hydrogen-bond donors (Lipinski definition) is 0. The van der Waals surface area contributed by atoms with Crippen molar-refractivity contribution in [2.24, 2.45) is 4.99 Å². The Bertz CT molecular complexity index is 692. The molecule has 0 aliphatic carbocycles. The molecule has 0 fully saturated rings. The van der Waals surface area contributed by atoms with Gasteiger partial charge in [-0.3, -0.25) is 0 Å². The Labute approximate surface area is 153 Å². The molecule has 2 aromatic heterocycles. The zero-order valence-corrected chi connectivity index (χ0v) is 15.8. The van der Waals surface area contributed by atoms with Gasteiger partial charge >= 0.3 is 0 Å². The molecule has 25 heavy (non-hydrogen) atoms. The summed E-state index contributed by atoms with van der Waals surface area (Å²) in [5, 5.41) is 4.86. The molecule has 0 saturated carbocycles. The van der Waals surface area contributed by atoms with Gasteiger partial charge in [0.15, 0.2) is 5.06 Å². The molecule has 0 saturated heterocycles. The lowest BCUT2D eigenvalue weighted by atomic mass is 10.1. The lowest BCUT2D eigenvalue weighted by Crippen LogP contribution is -2.00. The van der Waals surface area contributed by atoms with Crippen LogP contribution >= 0.6 is 11.3 Å². The first-order valence-corrected chi connectivity index (χ1v) is 9.88. The lowest BCUT2D eigenvalue weighted by Gasteiger charge is -2.03. The van der Waals surface area contributed by atoms with E-state index in [-0.39, 0.29) is 6.04 Å². The van der Waals surface area contributed by atoms with E-state index in [4.69, 9.17) is 14.0 Å². The Morgan fingerprint density at radius 1 is 1.20 bits per heavy atom. The Morgan fingerprint density at radius 2 is 2.04 bits per heavy atom. The third kappa shape index (κ3) is 5.59. The first kappa shape index (κ1) is 18.0. The number of thiophene rings is 1. The molecule has 136 valence electrons. The largest absolute Gasteiger partial charge is 0.484 e. The fraction of sp³-hybridized carbons (Fsp3) is 0.579. The van der Waals surface area contributed by atoms with E-state index in [0.717, 1.165) is 53.2 Å². The van der Waals surface area contributed by atoms with Gasteiger partial charge in [-0.1, -0.05) is 35.8 Å². The van der Waals surface area contributed by atoms with E-state index in [2.05, 4.69) is 17.1 Å². The summed E-state index contributed by atoms with van der Waals surface area (Å²) < 4.78 is 16.6. The van der Waals surface area contributed by atoms with E-state index in [1.165, 1.54) is 19.3 Å². The van der Waals surface area contributed by atoms with Gasteiger partial charge < -0.3 is 14.0 Å². The van der Waals surface area contributed by atoms with Gasteiger partial charge in [0.1, 0.15) is 12.4 Å². The molecular formula is C19H26N2O3S. The summed E-state index contributed by atoms with van der Waals surface area (Å²) in [7, 11) is 0. The summed E-state index contributed by atoms with van der Waals surface area (Å²) in [4.78, 5) is 5.53. The molecule has 3 rings (SSSR count). The zero-order valence-electron chi connectivity index (χ0n) is 15.0. The van der Waals surface area contributed by atoms with Crippen molar-refractivity contribution in [3.8, 4) is 5.06 Å². The highest BCUT2D eigenvalue weighted by Gasteiger charge is 2.18. The van der Waals surface area contributed by atoms with E-state index in [9.17, 15) is 0 Å². The molecule has 1 aliphatic heterocycles. The lowest BCUT2D eigenvalue weighted by molar-refractivity contribution is 0.312. The van der Waals surface area contributed by atoms with E-state index in [0.29, 0.717) is 6.61 Å². The van der Waals surface area contributed by atoms with Gasteiger partial charge in [0, 0.05) is 12.5 Å². The number of rotatable bonds is 10. The standard InChI is InChI=1S/C19H26N2O3S/c1-14-12-16(24-21-14)8-6-4-3-5-7-11-22-18-10-9-17(25-18)19-20-15(2)13-23-19/h9-10,12,15H,3-8,11,13H2,1-2H3. The molecule has 6 heteroatoms. The summed E-state index contributed by atoms with van der Waals surface area (Å²) in [5.74, 6) is 1.76. The van der Waals surface area contributed by atoms with Crippen LogP contribution in [-0.2, 0) is 11.2 Å².